The van der Waals surface area contributed by atoms with Crippen LogP contribution in [-0.4, -0.2) is 26.7 Å². The fourth-order valence-corrected chi connectivity index (χ4v) is 3.48. The van der Waals surface area contributed by atoms with Gasteiger partial charge in [-0.1, -0.05) is 6.42 Å². The van der Waals surface area contributed by atoms with Crippen LogP contribution in [0.5, 0.6) is 0 Å². The van der Waals surface area contributed by atoms with Gasteiger partial charge in [-0.3, -0.25) is 4.79 Å². The van der Waals surface area contributed by atoms with E-state index in [9.17, 15) is 4.79 Å². The molecular formula is C15H25N5O. The minimum absolute atomic E-state index is 0.0639. The highest BCUT2D eigenvalue weighted by Gasteiger charge is 2.29. The third-order valence-electron chi connectivity index (χ3n) is 4.73. The molecule has 6 heteroatoms. The molecule has 3 N–H and O–H groups in total. The monoisotopic (exact) mass is 291 g/mol. The van der Waals surface area contributed by atoms with E-state index in [-0.39, 0.29) is 23.9 Å². The molecule has 21 heavy (non-hydrogen) atoms. The molecule has 0 saturated heterocycles. The van der Waals surface area contributed by atoms with Crippen molar-refractivity contribution in [3.8, 4) is 0 Å². The van der Waals surface area contributed by atoms with Gasteiger partial charge in [0, 0.05) is 24.9 Å². The van der Waals surface area contributed by atoms with Crippen molar-refractivity contribution < 1.29 is 4.79 Å². The van der Waals surface area contributed by atoms with E-state index >= 15 is 0 Å². The van der Waals surface area contributed by atoms with Gasteiger partial charge in [-0.25, -0.2) is 0 Å². The van der Waals surface area contributed by atoms with Crippen molar-refractivity contribution in [2.45, 2.75) is 70.5 Å². The summed E-state index contributed by atoms with van der Waals surface area (Å²) in [5.41, 5.74) is 5.89. The molecule has 1 fully saturated rings. The number of nitrogens with one attached hydrogen (secondary N) is 1. The van der Waals surface area contributed by atoms with Crippen LogP contribution in [0.15, 0.2) is 0 Å². The predicted octanol–water partition coefficient (Wildman–Crippen LogP) is 1.31. The van der Waals surface area contributed by atoms with Crippen molar-refractivity contribution in [2.75, 3.05) is 0 Å². The smallest absolute Gasteiger partial charge is 0.223 e. The highest BCUT2D eigenvalue weighted by Crippen LogP contribution is 2.25. The molecular weight excluding hydrogens is 266 g/mol. The number of hydrogen-bond acceptors (Lipinski definition) is 4. The highest BCUT2D eigenvalue weighted by atomic mass is 16.2. The summed E-state index contributed by atoms with van der Waals surface area (Å²) in [6, 6.07) is 0.0918. The van der Waals surface area contributed by atoms with Crippen molar-refractivity contribution in [1.82, 2.24) is 20.1 Å². The summed E-state index contributed by atoms with van der Waals surface area (Å²) in [7, 11) is 0. The van der Waals surface area contributed by atoms with E-state index in [1.54, 1.807) is 0 Å². The van der Waals surface area contributed by atoms with E-state index in [0.29, 0.717) is 0 Å². The Balaban J connectivity index is 1.66. The Morgan fingerprint density at radius 1 is 1.33 bits per heavy atom. The first-order valence-electron chi connectivity index (χ1n) is 8.13. The van der Waals surface area contributed by atoms with E-state index in [1.807, 2.05) is 6.92 Å². The van der Waals surface area contributed by atoms with Crippen molar-refractivity contribution in [2.24, 2.45) is 11.7 Å². The van der Waals surface area contributed by atoms with Crippen LogP contribution in [0, 0.1) is 5.92 Å². The molecule has 2 aliphatic rings. The SMILES string of the molecule is CC(NC(=O)C1CCC(N)C1)c1nnc2n1CCCCC2. The van der Waals surface area contributed by atoms with Gasteiger partial charge in [-0.05, 0) is 39.0 Å². The van der Waals surface area contributed by atoms with Gasteiger partial charge in [-0.2, -0.15) is 0 Å². The molecule has 2 heterocycles. The molecule has 0 radical (unpaired) electrons. The lowest BCUT2D eigenvalue weighted by atomic mass is 10.1. The van der Waals surface area contributed by atoms with Crippen LogP contribution < -0.4 is 11.1 Å². The maximum absolute atomic E-state index is 12.3. The molecule has 3 atom stereocenters. The summed E-state index contributed by atoms with van der Waals surface area (Å²) in [4.78, 5) is 12.3. The number of aromatic nitrogens is 3. The molecule has 0 bridgehead atoms. The first kappa shape index (κ1) is 14.5. The fourth-order valence-electron chi connectivity index (χ4n) is 3.48. The summed E-state index contributed by atoms with van der Waals surface area (Å²) in [5, 5.41) is 11.7. The fraction of sp³-hybridized carbons (Fsp3) is 0.800. The predicted molar refractivity (Wildman–Crippen MR) is 79.5 cm³/mol. The number of hydrogen-bond donors (Lipinski definition) is 2. The molecule has 3 rings (SSSR count). The molecule has 116 valence electrons. The molecule has 1 saturated carbocycles. The number of carbonyl (C=O) groups excluding carboxylic acids is 1. The van der Waals surface area contributed by atoms with E-state index in [1.165, 1.54) is 12.8 Å². The number of nitrogens with two attached hydrogens (primary N) is 1. The molecule has 1 aliphatic carbocycles. The lowest BCUT2D eigenvalue weighted by Gasteiger charge is -2.17. The maximum Gasteiger partial charge on any atom is 0.223 e. The molecule has 1 aliphatic heterocycles. The van der Waals surface area contributed by atoms with Crippen molar-refractivity contribution in [3.05, 3.63) is 11.6 Å². The number of amides is 1. The average Bonchev–Trinajstić information content (AvgIpc) is 2.99. The Morgan fingerprint density at radius 2 is 2.19 bits per heavy atom. The van der Waals surface area contributed by atoms with Gasteiger partial charge < -0.3 is 15.6 Å². The zero-order chi connectivity index (χ0) is 14.8. The van der Waals surface area contributed by atoms with Gasteiger partial charge in [0.25, 0.3) is 0 Å². The number of rotatable bonds is 3. The van der Waals surface area contributed by atoms with E-state index in [2.05, 4.69) is 20.1 Å². The van der Waals surface area contributed by atoms with Crippen LogP contribution in [0.4, 0.5) is 0 Å². The first-order valence-corrected chi connectivity index (χ1v) is 8.13. The van der Waals surface area contributed by atoms with Crippen molar-refractivity contribution >= 4 is 5.91 Å². The molecule has 6 nitrogen and oxygen atoms in total. The highest BCUT2D eigenvalue weighted by molar-refractivity contribution is 5.79. The van der Waals surface area contributed by atoms with E-state index in [4.69, 9.17) is 5.73 Å². The number of carbonyl (C=O) groups is 1. The molecule has 1 aromatic rings. The Labute approximate surface area is 125 Å². The zero-order valence-corrected chi connectivity index (χ0v) is 12.7. The average molecular weight is 291 g/mol. The second kappa shape index (κ2) is 6.13. The molecule has 0 aromatic carbocycles. The molecule has 1 amide bonds. The quantitative estimate of drug-likeness (QED) is 0.879. The lowest BCUT2D eigenvalue weighted by Crippen LogP contribution is -2.33. The normalized spacial score (nSPS) is 27.0. The summed E-state index contributed by atoms with van der Waals surface area (Å²) < 4.78 is 2.19. The standard InChI is InChI=1S/C15H25N5O/c1-10(17-15(21)11-6-7-12(16)9-11)14-19-18-13-5-3-2-4-8-20(13)14/h10-12H,2-9,16H2,1H3,(H,17,21). The third kappa shape index (κ3) is 3.10. The van der Waals surface area contributed by atoms with Crippen LogP contribution >= 0.6 is 0 Å². The van der Waals surface area contributed by atoms with Gasteiger partial charge >= 0.3 is 0 Å². The molecule has 0 spiro atoms. The summed E-state index contributed by atoms with van der Waals surface area (Å²) in [5.74, 6) is 2.13. The zero-order valence-electron chi connectivity index (χ0n) is 12.7. The van der Waals surface area contributed by atoms with E-state index < -0.39 is 0 Å². The van der Waals surface area contributed by atoms with Gasteiger partial charge in [-0.15, -0.1) is 10.2 Å². The molecule has 3 unspecified atom stereocenters. The van der Waals surface area contributed by atoms with Crippen molar-refractivity contribution in [3.63, 3.8) is 0 Å². The minimum atomic E-state index is -0.0892. The Morgan fingerprint density at radius 3 is 2.95 bits per heavy atom. The van der Waals surface area contributed by atoms with Crippen molar-refractivity contribution in [1.29, 1.82) is 0 Å². The first-order chi connectivity index (χ1) is 10.1. The van der Waals surface area contributed by atoms with Crippen LogP contribution in [-0.2, 0) is 17.8 Å². The summed E-state index contributed by atoms with van der Waals surface area (Å²) >= 11 is 0. The summed E-state index contributed by atoms with van der Waals surface area (Å²) in [6.45, 7) is 2.96. The summed E-state index contributed by atoms with van der Waals surface area (Å²) in [6.07, 6.45) is 7.23. The topological polar surface area (TPSA) is 85.8 Å². The Hall–Kier alpha value is -1.43. The van der Waals surface area contributed by atoms with Crippen LogP contribution in [0.25, 0.3) is 0 Å². The molecule has 1 aromatic heterocycles. The number of nitrogens with zero attached hydrogens (tertiary/aromatic N) is 3. The Kier molecular flexibility index (Phi) is 4.24. The second-order valence-electron chi connectivity index (χ2n) is 6.44. The van der Waals surface area contributed by atoms with Gasteiger partial charge in [0.2, 0.25) is 5.91 Å². The largest absolute Gasteiger partial charge is 0.346 e. The van der Waals surface area contributed by atoms with Gasteiger partial charge in [0.1, 0.15) is 5.82 Å². The second-order valence-corrected chi connectivity index (χ2v) is 6.44. The minimum Gasteiger partial charge on any atom is -0.346 e. The number of fused-ring (bicyclic) bond motifs is 1. The van der Waals surface area contributed by atoms with Gasteiger partial charge in [0.15, 0.2) is 5.82 Å². The lowest BCUT2D eigenvalue weighted by molar-refractivity contribution is -0.125. The van der Waals surface area contributed by atoms with Crippen LogP contribution in [0.2, 0.25) is 0 Å². The van der Waals surface area contributed by atoms with E-state index in [0.717, 1.165) is 50.3 Å². The number of aryl methyl sites for hydroxylation is 1. The van der Waals surface area contributed by atoms with Crippen LogP contribution in [0.1, 0.15) is 63.1 Å². The maximum atomic E-state index is 12.3. The van der Waals surface area contributed by atoms with Crippen LogP contribution in [0.3, 0.4) is 0 Å². The van der Waals surface area contributed by atoms with Gasteiger partial charge in [0.05, 0.1) is 6.04 Å². The third-order valence-corrected chi connectivity index (χ3v) is 4.73. The Bertz CT molecular complexity index is 512.